The summed E-state index contributed by atoms with van der Waals surface area (Å²) in [6, 6.07) is 14.5. The molecule has 0 aliphatic carbocycles. The lowest BCUT2D eigenvalue weighted by Crippen LogP contribution is -2.28. The summed E-state index contributed by atoms with van der Waals surface area (Å²) in [6.07, 6.45) is 3.23. The molecule has 0 radical (unpaired) electrons. The maximum absolute atomic E-state index is 15.3. The van der Waals surface area contributed by atoms with Gasteiger partial charge in [0, 0.05) is 0 Å². The molecule has 1 aliphatic heterocycles. The molecular weight excluding hydrogens is 414 g/mol. The fraction of sp³-hybridized carbons (Fsp3) is 0.192. The van der Waals surface area contributed by atoms with Gasteiger partial charge in [0.1, 0.15) is 29.6 Å². The number of benzene rings is 3. The van der Waals surface area contributed by atoms with Crippen molar-refractivity contribution in [1.82, 2.24) is 0 Å². The Hall–Kier alpha value is -3.67. The lowest BCUT2D eigenvalue weighted by Gasteiger charge is -2.29. The van der Waals surface area contributed by atoms with Crippen LogP contribution in [0.3, 0.4) is 0 Å². The van der Waals surface area contributed by atoms with E-state index in [1.165, 1.54) is 25.3 Å². The zero-order chi connectivity index (χ0) is 22.9. The Morgan fingerprint density at radius 2 is 1.78 bits per heavy atom. The van der Waals surface area contributed by atoms with Gasteiger partial charge in [-0.25, -0.2) is 8.78 Å². The van der Waals surface area contributed by atoms with Crippen molar-refractivity contribution >= 4 is 11.9 Å². The van der Waals surface area contributed by atoms with Crippen molar-refractivity contribution in [3.8, 4) is 17.2 Å². The number of rotatable bonds is 6. The van der Waals surface area contributed by atoms with Crippen LogP contribution in [0.15, 0.2) is 60.7 Å². The lowest BCUT2D eigenvalue weighted by molar-refractivity contribution is 0.103. The average Bonchev–Trinajstić information content (AvgIpc) is 2.78. The number of carbonyl (C=O) groups excluding carboxylic acids is 1. The van der Waals surface area contributed by atoms with E-state index < -0.39 is 23.0 Å². The Morgan fingerprint density at radius 1 is 1.03 bits per heavy atom. The molecule has 0 spiro atoms. The number of carbonyl (C=O) groups is 1. The predicted molar refractivity (Wildman–Crippen MR) is 117 cm³/mol. The largest absolute Gasteiger partial charge is 0.493 e. The Morgan fingerprint density at radius 3 is 2.50 bits per heavy atom. The second-order valence-corrected chi connectivity index (χ2v) is 7.97. The topological polar surface area (TPSA) is 44.8 Å². The Labute approximate surface area is 185 Å². The zero-order valence-corrected chi connectivity index (χ0v) is 17.9. The van der Waals surface area contributed by atoms with Crippen LogP contribution in [0.2, 0.25) is 0 Å². The lowest BCUT2D eigenvalue weighted by atomic mass is 9.95. The third kappa shape index (κ3) is 4.21. The number of ketones is 1. The second-order valence-electron chi connectivity index (χ2n) is 7.97. The Bertz CT molecular complexity index is 1200. The van der Waals surface area contributed by atoms with Crippen LogP contribution in [0, 0.1) is 11.6 Å². The summed E-state index contributed by atoms with van der Waals surface area (Å²) in [5, 5.41) is 0. The van der Waals surface area contributed by atoms with E-state index in [0.29, 0.717) is 5.75 Å². The molecule has 3 aromatic rings. The quantitative estimate of drug-likeness (QED) is 0.447. The number of ether oxygens (including phenoxy) is 3. The van der Waals surface area contributed by atoms with Crippen LogP contribution >= 0.6 is 0 Å². The Kier molecular flexibility index (Phi) is 5.70. The summed E-state index contributed by atoms with van der Waals surface area (Å²) in [6.45, 7) is 3.89. The van der Waals surface area contributed by atoms with Crippen molar-refractivity contribution in [1.29, 1.82) is 0 Å². The van der Waals surface area contributed by atoms with E-state index >= 15 is 4.39 Å². The van der Waals surface area contributed by atoms with E-state index in [1.807, 2.05) is 44.2 Å². The van der Waals surface area contributed by atoms with Gasteiger partial charge >= 0.3 is 0 Å². The fourth-order valence-corrected chi connectivity index (χ4v) is 3.44. The van der Waals surface area contributed by atoms with Gasteiger partial charge in [0.15, 0.2) is 17.3 Å². The highest BCUT2D eigenvalue weighted by Crippen LogP contribution is 2.42. The number of fused-ring (bicyclic) bond motifs is 1. The molecule has 4 rings (SSSR count). The van der Waals surface area contributed by atoms with Crippen molar-refractivity contribution < 1.29 is 27.8 Å². The summed E-state index contributed by atoms with van der Waals surface area (Å²) in [5.41, 5.74) is -0.256. The van der Waals surface area contributed by atoms with Crippen molar-refractivity contribution in [3.63, 3.8) is 0 Å². The first-order chi connectivity index (χ1) is 15.3. The van der Waals surface area contributed by atoms with Crippen LogP contribution in [0.25, 0.3) is 6.08 Å². The highest BCUT2D eigenvalue weighted by molar-refractivity contribution is 6.10. The average molecular weight is 436 g/mol. The van der Waals surface area contributed by atoms with Crippen molar-refractivity contribution in [2.24, 2.45) is 0 Å². The molecule has 0 amide bonds. The summed E-state index contributed by atoms with van der Waals surface area (Å²) >= 11 is 0. The summed E-state index contributed by atoms with van der Waals surface area (Å²) in [4.78, 5) is 13.1. The number of hydrogen-bond acceptors (Lipinski definition) is 4. The van der Waals surface area contributed by atoms with E-state index in [1.54, 1.807) is 12.2 Å². The van der Waals surface area contributed by atoms with Crippen molar-refractivity contribution in [2.75, 3.05) is 7.11 Å². The molecule has 164 valence electrons. The maximum atomic E-state index is 15.3. The molecule has 0 saturated heterocycles. The molecular formula is C26H22F2O4. The molecule has 0 N–H and O–H groups in total. The predicted octanol–water partition coefficient (Wildman–Crippen LogP) is 5.97. The number of methoxy groups -OCH3 is 1. The molecule has 32 heavy (non-hydrogen) atoms. The third-order valence-corrected chi connectivity index (χ3v) is 5.13. The second kappa shape index (κ2) is 8.46. The van der Waals surface area contributed by atoms with Gasteiger partial charge in [0.05, 0.1) is 23.8 Å². The smallest absolute Gasteiger partial charge is 0.199 e. The van der Waals surface area contributed by atoms with Gasteiger partial charge in [-0.1, -0.05) is 30.3 Å². The zero-order valence-electron chi connectivity index (χ0n) is 17.9. The molecule has 1 heterocycles. The standard InChI is InChI=1S/C26H22F2O4/c1-26(2)12-11-18-23(28)20(14-22(30-3)25(18)32-26)24(29)19-13-17(9-10-21(19)27)31-15-16-7-5-4-6-8-16/h4-14H,15H2,1-3H3. The van der Waals surface area contributed by atoms with E-state index in [9.17, 15) is 9.18 Å². The monoisotopic (exact) mass is 436 g/mol. The van der Waals surface area contributed by atoms with Crippen LogP contribution in [-0.2, 0) is 6.61 Å². The molecule has 0 atom stereocenters. The maximum Gasteiger partial charge on any atom is 0.199 e. The van der Waals surface area contributed by atoms with Crippen molar-refractivity contribution in [2.45, 2.75) is 26.1 Å². The molecule has 3 aromatic carbocycles. The van der Waals surface area contributed by atoms with Crippen LogP contribution in [0.1, 0.15) is 40.9 Å². The van der Waals surface area contributed by atoms with Crippen LogP contribution in [0.4, 0.5) is 8.78 Å². The highest BCUT2D eigenvalue weighted by Gasteiger charge is 2.31. The van der Waals surface area contributed by atoms with Crippen LogP contribution < -0.4 is 14.2 Å². The molecule has 0 aromatic heterocycles. The van der Waals surface area contributed by atoms with Crippen LogP contribution in [-0.4, -0.2) is 18.5 Å². The molecule has 6 heteroatoms. The minimum atomic E-state index is -0.815. The Balaban J connectivity index is 1.69. The van der Waals surface area contributed by atoms with E-state index in [2.05, 4.69) is 0 Å². The first-order valence-corrected chi connectivity index (χ1v) is 10.1. The van der Waals surface area contributed by atoms with Gasteiger partial charge in [-0.2, -0.15) is 0 Å². The van der Waals surface area contributed by atoms with Gasteiger partial charge in [-0.15, -0.1) is 0 Å². The first kappa shape index (κ1) is 21.6. The van der Waals surface area contributed by atoms with Crippen molar-refractivity contribution in [3.05, 3.63) is 94.6 Å². The van der Waals surface area contributed by atoms with Gasteiger partial charge < -0.3 is 14.2 Å². The fourth-order valence-electron chi connectivity index (χ4n) is 3.44. The number of halogens is 2. The first-order valence-electron chi connectivity index (χ1n) is 10.1. The van der Waals surface area contributed by atoms with E-state index in [0.717, 1.165) is 11.6 Å². The SMILES string of the molecule is COc1cc(C(=O)c2cc(OCc3ccccc3)ccc2F)c(F)c2c1OC(C)(C)C=C2. The summed E-state index contributed by atoms with van der Waals surface area (Å²) in [5.74, 6) is -1.69. The number of hydrogen-bond donors (Lipinski definition) is 0. The van der Waals surface area contributed by atoms with E-state index in [-0.39, 0.29) is 34.8 Å². The minimum absolute atomic E-state index is 0.0870. The normalized spacial score (nSPS) is 13.8. The molecule has 0 unspecified atom stereocenters. The van der Waals surface area contributed by atoms with Crippen LogP contribution in [0.5, 0.6) is 17.2 Å². The third-order valence-electron chi connectivity index (χ3n) is 5.13. The molecule has 0 bridgehead atoms. The summed E-state index contributed by atoms with van der Waals surface area (Å²) in [7, 11) is 1.40. The van der Waals surface area contributed by atoms with Gasteiger partial charge in [0.2, 0.25) is 0 Å². The highest BCUT2D eigenvalue weighted by atomic mass is 19.1. The molecule has 0 saturated carbocycles. The van der Waals surface area contributed by atoms with E-state index in [4.69, 9.17) is 14.2 Å². The molecule has 1 aliphatic rings. The van der Waals surface area contributed by atoms with Gasteiger partial charge in [-0.3, -0.25) is 4.79 Å². The summed E-state index contributed by atoms with van der Waals surface area (Å²) < 4.78 is 46.7. The van der Waals surface area contributed by atoms with Gasteiger partial charge in [-0.05, 0) is 55.8 Å². The molecule has 4 nitrogen and oxygen atoms in total. The van der Waals surface area contributed by atoms with Gasteiger partial charge in [0.25, 0.3) is 0 Å². The molecule has 0 fully saturated rings. The minimum Gasteiger partial charge on any atom is -0.493 e.